The highest BCUT2D eigenvalue weighted by molar-refractivity contribution is 6.04. The van der Waals surface area contributed by atoms with Gasteiger partial charge >= 0.3 is 0 Å². The fourth-order valence-electron chi connectivity index (χ4n) is 2.81. The Bertz CT molecular complexity index is 985. The molecule has 144 valence electrons. The van der Waals surface area contributed by atoms with Gasteiger partial charge in [-0.15, -0.1) is 0 Å². The minimum absolute atomic E-state index is 0.302. The number of amides is 1. The molecule has 0 unspecified atom stereocenters. The normalized spacial score (nSPS) is 10.3. The molecule has 2 N–H and O–H groups in total. The number of aromatic nitrogens is 1. The summed E-state index contributed by atoms with van der Waals surface area (Å²) in [6.45, 7) is 4.11. The summed E-state index contributed by atoms with van der Waals surface area (Å²) in [5.74, 6) is 0.837. The molecule has 0 saturated carbocycles. The van der Waals surface area contributed by atoms with Crippen LogP contribution >= 0.6 is 0 Å². The molecule has 0 aliphatic carbocycles. The van der Waals surface area contributed by atoms with E-state index in [2.05, 4.69) is 28.6 Å². The van der Waals surface area contributed by atoms with E-state index in [0.29, 0.717) is 22.9 Å². The molecule has 0 radical (unpaired) electrons. The van der Waals surface area contributed by atoms with E-state index < -0.39 is 0 Å². The largest absolute Gasteiger partial charge is 0.497 e. The third kappa shape index (κ3) is 4.40. The first-order chi connectivity index (χ1) is 13.5. The zero-order chi connectivity index (χ0) is 20.1. The van der Waals surface area contributed by atoms with Gasteiger partial charge in [-0.1, -0.05) is 17.7 Å². The zero-order valence-corrected chi connectivity index (χ0v) is 16.4. The maximum absolute atomic E-state index is 12.6. The first kappa shape index (κ1) is 19.2. The third-order valence-electron chi connectivity index (χ3n) is 4.31. The fraction of sp³-hybridized carbons (Fsp3) is 0.182. The van der Waals surface area contributed by atoms with E-state index in [4.69, 9.17) is 9.47 Å². The van der Waals surface area contributed by atoms with Gasteiger partial charge in [0.25, 0.3) is 5.91 Å². The predicted octanol–water partition coefficient (Wildman–Crippen LogP) is 4.71. The van der Waals surface area contributed by atoms with Gasteiger partial charge in [0, 0.05) is 11.8 Å². The van der Waals surface area contributed by atoms with Crippen LogP contribution < -0.4 is 20.1 Å². The Morgan fingerprint density at radius 2 is 1.75 bits per heavy atom. The number of hydrogen-bond donors (Lipinski definition) is 2. The van der Waals surface area contributed by atoms with E-state index in [9.17, 15) is 4.79 Å². The molecule has 0 bridgehead atoms. The second-order valence-electron chi connectivity index (χ2n) is 6.40. The van der Waals surface area contributed by atoms with Gasteiger partial charge in [0.2, 0.25) is 0 Å². The molecule has 3 aromatic rings. The number of carbonyl (C=O) groups is 1. The monoisotopic (exact) mass is 377 g/mol. The van der Waals surface area contributed by atoms with Gasteiger partial charge in [0.05, 0.1) is 31.8 Å². The van der Waals surface area contributed by atoms with E-state index in [1.807, 2.05) is 25.1 Å². The predicted molar refractivity (Wildman–Crippen MR) is 111 cm³/mol. The van der Waals surface area contributed by atoms with E-state index in [0.717, 1.165) is 16.9 Å². The Morgan fingerprint density at radius 3 is 2.39 bits per heavy atom. The quantitative estimate of drug-likeness (QED) is 0.651. The Kier molecular flexibility index (Phi) is 5.79. The highest BCUT2D eigenvalue weighted by atomic mass is 16.5. The number of anilines is 3. The van der Waals surface area contributed by atoms with Crippen molar-refractivity contribution in [3.05, 3.63) is 71.5 Å². The molecule has 6 heteroatoms. The molecule has 28 heavy (non-hydrogen) atoms. The number of rotatable bonds is 6. The Labute approximate surface area is 164 Å². The van der Waals surface area contributed by atoms with Crippen molar-refractivity contribution in [1.82, 2.24) is 4.98 Å². The summed E-state index contributed by atoms with van der Waals surface area (Å²) in [6, 6.07) is 14.9. The van der Waals surface area contributed by atoms with Crippen molar-refractivity contribution in [3.63, 3.8) is 0 Å². The molecule has 1 amide bonds. The van der Waals surface area contributed by atoms with Gasteiger partial charge in [0.15, 0.2) is 0 Å². The number of aryl methyl sites for hydroxylation is 2. The van der Waals surface area contributed by atoms with Crippen LogP contribution in [0.3, 0.4) is 0 Å². The summed E-state index contributed by atoms with van der Waals surface area (Å²) in [7, 11) is 3.11. The van der Waals surface area contributed by atoms with Crippen molar-refractivity contribution >= 4 is 23.0 Å². The molecule has 6 nitrogen and oxygen atoms in total. The summed E-state index contributed by atoms with van der Waals surface area (Å²) in [5, 5.41) is 6.13. The number of benzene rings is 2. The van der Waals surface area contributed by atoms with Crippen LogP contribution in [-0.4, -0.2) is 25.1 Å². The Morgan fingerprint density at radius 1 is 0.929 bits per heavy atom. The summed E-state index contributed by atoms with van der Waals surface area (Å²) >= 11 is 0. The lowest BCUT2D eigenvalue weighted by Gasteiger charge is -2.12. The lowest BCUT2D eigenvalue weighted by Crippen LogP contribution is -2.14. The molecule has 0 aliphatic rings. The first-order valence-electron chi connectivity index (χ1n) is 8.84. The number of carbonyl (C=O) groups excluding carboxylic acids is 1. The number of methoxy groups -OCH3 is 2. The van der Waals surface area contributed by atoms with Crippen molar-refractivity contribution in [3.8, 4) is 11.5 Å². The number of nitrogens with one attached hydrogen (secondary N) is 2. The summed E-state index contributed by atoms with van der Waals surface area (Å²) < 4.78 is 10.5. The number of ether oxygens (including phenoxy) is 2. The average molecular weight is 377 g/mol. The van der Waals surface area contributed by atoms with Crippen molar-refractivity contribution in [1.29, 1.82) is 0 Å². The van der Waals surface area contributed by atoms with E-state index in [1.165, 1.54) is 5.56 Å². The maximum Gasteiger partial charge on any atom is 0.274 e. The SMILES string of the molecule is COc1ccc(OC)c(NC(=O)c2ccc(Nc3ccc(C)cc3C)cn2)c1. The van der Waals surface area contributed by atoms with E-state index >= 15 is 0 Å². The molecule has 0 saturated heterocycles. The molecule has 1 heterocycles. The van der Waals surface area contributed by atoms with Crippen LogP contribution in [0.2, 0.25) is 0 Å². The maximum atomic E-state index is 12.6. The molecule has 0 atom stereocenters. The van der Waals surface area contributed by atoms with Gasteiger partial charge in [-0.05, 0) is 49.7 Å². The fourth-order valence-corrected chi connectivity index (χ4v) is 2.81. The first-order valence-corrected chi connectivity index (χ1v) is 8.84. The third-order valence-corrected chi connectivity index (χ3v) is 4.31. The van der Waals surface area contributed by atoms with Crippen LogP contribution in [-0.2, 0) is 0 Å². The van der Waals surface area contributed by atoms with Crippen molar-refractivity contribution < 1.29 is 14.3 Å². The topological polar surface area (TPSA) is 72.5 Å². The molecule has 3 rings (SSSR count). The lowest BCUT2D eigenvalue weighted by molar-refractivity contribution is 0.102. The molecule has 0 fully saturated rings. The molecular weight excluding hydrogens is 354 g/mol. The summed E-state index contributed by atoms with van der Waals surface area (Å²) in [4.78, 5) is 16.8. The molecule has 1 aromatic heterocycles. The Balaban J connectivity index is 1.73. The van der Waals surface area contributed by atoms with E-state index in [-0.39, 0.29) is 5.91 Å². The van der Waals surface area contributed by atoms with Crippen LogP contribution in [0.15, 0.2) is 54.7 Å². The number of nitrogens with zero attached hydrogens (tertiary/aromatic N) is 1. The Hall–Kier alpha value is -3.54. The second-order valence-corrected chi connectivity index (χ2v) is 6.40. The smallest absolute Gasteiger partial charge is 0.274 e. The van der Waals surface area contributed by atoms with Crippen molar-refractivity contribution in [2.75, 3.05) is 24.9 Å². The van der Waals surface area contributed by atoms with Crippen LogP contribution in [0, 0.1) is 13.8 Å². The van der Waals surface area contributed by atoms with Crippen molar-refractivity contribution in [2.24, 2.45) is 0 Å². The molecule has 2 aromatic carbocycles. The van der Waals surface area contributed by atoms with Crippen LogP contribution in [0.1, 0.15) is 21.6 Å². The number of pyridine rings is 1. The summed E-state index contributed by atoms with van der Waals surface area (Å²) in [6.07, 6.45) is 1.64. The van der Waals surface area contributed by atoms with Crippen molar-refractivity contribution in [2.45, 2.75) is 13.8 Å². The van der Waals surface area contributed by atoms with Crippen LogP contribution in [0.4, 0.5) is 17.1 Å². The van der Waals surface area contributed by atoms with Gasteiger partial charge in [-0.2, -0.15) is 0 Å². The van der Waals surface area contributed by atoms with Gasteiger partial charge in [0.1, 0.15) is 17.2 Å². The highest BCUT2D eigenvalue weighted by Crippen LogP contribution is 2.29. The van der Waals surface area contributed by atoms with E-state index in [1.54, 1.807) is 44.7 Å². The second kappa shape index (κ2) is 8.43. The van der Waals surface area contributed by atoms with Crippen LogP contribution in [0.5, 0.6) is 11.5 Å². The van der Waals surface area contributed by atoms with Gasteiger partial charge in [-0.3, -0.25) is 4.79 Å². The lowest BCUT2D eigenvalue weighted by atomic mass is 10.1. The number of hydrogen-bond acceptors (Lipinski definition) is 5. The zero-order valence-electron chi connectivity index (χ0n) is 16.4. The molecule has 0 aliphatic heterocycles. The summed E-state index contributed by atoms with van der Waals surface area (Å²) in [5.41, 5.74) is 4.99. The van der Waals surface area contributed by atoms with Gasteiger partial charge < -0.3 is 20.1 Å². The molecular formula is C22H23N3O3. The van der Waals surface area contributed by atoms with Crippen LogP contribution in [0.25, 0.3) is 0 Å². The average Bonchev–Trinajstić information content (AvgIpc) is 2.70. The molecule has 0 spiro atoms. The highest BCUT2D eigenvalue weighted by Gasteiger charge is 2.12. The minimum Gasteiger partial charge on any atom is -0.497 e. The minimum atomic E-state index is -0.329. The standard InChI is InChI=1S/C22H23N3O3/c1-14-5-8-18(15(2)11-14)24-16-6-9-19(23-13-16)22(26)25-20-12-17(27-3)7-10-21(20)28-4/h5-13,24H,1-4H3,(H,25,26). The van der Waals surface area contributed by atoms with Gasteiger partial charge in [-0.25, -0.2) is 4.98 Å².